The van der Waals surface area contributed by atoms with Crippen molar-refractivity contribution in [2.45, 2.75) is 11.3 Å². The number of hydrogen-bond acceptors (Lipinski definition) is 4. The van der Waals surface area contributed by atoms with E-state index < -0.39 is 22.5 Å². The van der Waals surface area contributed by atoms with Gasteiger partial charge in [0.2, 0.25) is 21.8 Å². The SMILES string of the molecule is O=C(CNS(=O)(=O)c1ccc2c(c1)CC(=O)N2)Nc1ccccc1Cl. The fraction of sp³-hybridized carbons (Fsp3) is 0.125. The molecule has 0 saturated carbocycles. The molecular weight excluding hydrogens is 366 g/mol. The Labute approximate surface area is 149 Å². The lowest BCUT2D eigenvalue weighted by Crippen LogP contribution is -2.33. The Balaban J connectivity index is 1.66. The molecule has 0 bridgehead atoms. The van der Waals surface area contributed by atoms with Crippen LogP contribution >= 0.6 is 11.6 Å². The second kappa shape index (κ2) is 6.83. The maximum atomic E-state index is 12.3. The van der Waals surface area contributed by atoms with Crippen molar-refractivity contribution in [3.8, 4) is 0 Å². The Hall–Kier alpha value is -2.42. The molecule has 3 rings (SSSR count). The highest BCUT2D eigenvalue weighted by atomic mass is 35.5. The number of nitrogens with one attached hydrogen (secondary N) is 3. The monoisotopic (exact) mass is 379 g/mol. The van der Waals surface area contributed by atoms with Crippen molar-refractivity contribution in [3.63, 3.8) is 0 Å². The normalized spacial score (nSPS) is 13.2. The number of hydrogen-bond donors (Lipinski definition) is 3. The van der Waals surface area contributed by atoms with Gasteiger partial charge < -0.3 is 10.6 Å². The zero-order chi connectivity index (χ0) is 18.0. The molecule has 3 N–H and O–H groups in total. The third-order valence-electron chi connectivity index (χ3n) is 3.58. The Morgan fingerprint density at radius 3 is 2.72 bits per heavy atom. The summed E-state index contributed by atoms with van der Waals surface area (Å²) >= 11 is 5.93. The van der Waals surface area contributed by atoms with Gasteiger partial charge >= 0.3 is 0 Å². The maximum absolute atomic E-state index is 12.3. The van der Waals surface area contributed by atoms with E-state index in [0.717, 1.165) is 0 Å². The van der Waals surface area contributed by atoms with Crippen molar-refractivity contribution in [2.24, 2.45) is 0 Å². The number of benzene rings is 2. The van der Waals surface area contributed by atoms with Crippen LogP contribution in [-0.4, -0.2) is 26.8 Å². The van der Waals surface area contributed by atoms with Crippen LogP contribution in [0.2, 0.25) is 5.02 Å². The van der Waals surface area contributed by atoms with E-state index >= 15 is 0 Å². The maximum Gasteiger partial charge on any atom is 0.241 e. The van der Waals surface area contributed by atoms with Crippen molar-refractivity contribution < 1.29 is 18.0 Å². The number of halogens is 1. The summed E-state index contributed by atoms with van der Waals surface area (Å²) in [4.78, 5) is 23.3. The number of amides is 2. The van der Waals surface area contributed by atoms with Gasteiger partial charge in [-0.2, -0.15) is 0 Å². The van der Waals surface area contributed by atoms with E-state index in [4.69, 9.17) is 11.6 Å². The second-order valence-electron chi connectivity index (χ2n) is 5.40. The van der Waals surface area contributed by atoms with Gasteiger partial charge in [0.05, 0.1) is 28.6 Å². The molecule has 0 saturated heterocycles. The van der Waals surface area contributed by atoms with E-state index in [9.17, 15) is 18.0 Å². The van der Waals surface area contributed by atoms with Gasteiger partial charge in [0.1, 0.15) is 0 Å². The van der Waals surface area contributed by atoms with Gasteiger partial charge in [-0.05, 0) is 35.9 Å². The number of fused-ring (bicyclic) bond motifs is 1. The average molecular weight is 380 g/mol. The highest BCUT2D eigenvalue weighted by molar-refractivity contribution is 7.89. The van der Waals surface area contributed by atoms with Gasteiger partial charge in [-0.15, -0.1) is 0 Å². The van der Waals surface area contributed by atoms with Crippen LogP contribution in [0.3, 0.4) is 0 Å². The van der Waals surface area contributed by atoms with Crippen LogP contribution in [0, 0.1) is 0 Å². The predicted octanol–water partition coefficient (Wildman–Crippen LogP) is 1.75. The van der Waals surface area contributed by atoms with Crippen LogP contribution in [0.1, 0.15) is 5.56 Å². The van der Waals surface area contributed by atoms with Crippen LogP contribution in [0.5, 0.6) is 0 Å². The molecule has 1 aliphatic heterocycles. The Morgan fingerprint density at radius 1 is 1.20 bits per heavy atom. The van der Waals surface area contributed by atoms with Gasteiger partial charge in [-0.1, -0.05) is 23.7 Å². The molecule has 0 fully saturated rings. The topological polar surface area (TPSA) is 104 Å². The average Bonchev–Trinajstić information content (AvgIpc) is 2.94. The molecule has 1 heterocycles. The van der Waals surface area contributed by atoms with Crippen LogP contribution in [0.4, 0.5) is 11.4 Å². The fourth-order valence-electron chi connectivity index (χ4n) is 2.37. The molecular formula is C16H14ClN3O4S. The van der Waals surface area contributed by atoms with Gasteiger partial charge in [0, 0.05) is 5.69 Å². The quantitative estimate of drug-likeness (QED) is 0.736. The molecule has 2 aromatic rings. The molecule has 25 heavy (non-hydrogen) atoms. The van der Waals surface area contributed by atoms with Gasteiger partial charge in [-0.25, -0.2) is 13.1 Å². The summed E-state index contributed by atoms with van der Waals surface area (Å²) < 4.78 is 26.9. The second-order valence-corrected chi connectivity index (χ2v) is 7.57. The smallest absolute Gasteiger partial charge is 0.241 e. The zero-order valence-electron chi connectivity index (χ0n) is 12.9. The summed E-state index contributed by atoms with van der Waals surface area (Å²) in [5.41, 5.74) is 1.60. The van der Waals surface area contributed by atoms with E-state index in [0.29, 0.717) is 22.0 Å². The molecule has 0 aliphatic carbocycles. The molecule has 0 unspecified atom stereocenters. The zero-order valence-corrected chi connectivity index (χ0v) is 14.4. The third kappa shape index (κ3) is 3.98. The van der Waals surface area contributed by atoms with E-state index in [1.54, 1.807) is 24.3 Å². The van der Waals surface area contributed by atoms with Crippen molar-refractivity contribution >= 4 is 44.8 Å². The lowest BCUT2D eigenvalue weighted by atomic mass is 10.2. The number of rotatable bonds is 5. The Morgan fingerprint density at radius 2 is 1.96 bits per heavy atom. The van der Waals surface area contributed by atoms with E-state index in [1.165, 1.54) is 18.2 Å². The summed E-state index contributed by atoms with van der Waals surface area (Å²) in [5.74, 6) is -0.730. The number of carbonyl (C=O) groups excluding carboxylic acids is 2. The Bertz CT molecular complexity index is 960. The van der Waals surface area contributed by atoms with Gasteiger partial charge in [0.15, 0.2) is 0 Å². The third-order valence-corrected chi connectivity index (χ3v) is 5.31. The summed E-state index contributed by atoms with van der Waals surface area (Å²) in [5, 5.41) is 5.51. The minimum Gasteiger partial charge on any atom is -0.326 e. The van der Waals surface area contributed by atoms with E-state index in [1.807, 2.05) is 0 Å². The first-order valence-electron chi connectivity index (χ1n) is 7.32. The first kappa shape index (κ1) is 17.4. The van der Waals surface area contributed by atoms with Crippen molar-refractivity contribution in [3.05, 3.63) is 53.1 Å². The molecule has 130 valence electrons. The van der Waals surface area contributed by atoms with Crippen molar-refractivity contribution in [2.75, 3.05) is 17.2 Å². The minimum atomic E-state index is -3.88. The first-order valence-corrected chi connectivity index (χ1v) is 9.18. The molecule has 2 amide bonds. The molecule has 0 radical (unpaired) electrons. The van der Waals surface area contributed by atoms with Crippen LogP contribution < -0.4 is 15.4 Å². The largest absolute Gasteiger partial charge is 0.326 e. The number of para-hydroxylation sites is 1. The molecule has 0 atom stereocenters. The molecule has 1 aliphatic rings. The molecule has 0 spiro atoms. The number of carbonyl (C=O) groups is 2. The summed E-state index contributed by atoms with van der Waals surface area (Å²) in [6, 6.07) is 11.0. The van der Waals surface area contributed by atoms with Crippen molar-refractivity contribution in [1.29, 1.82) is 0 Å². The lowest BCUT2D eigenvalue weighted by molar-refractivity contribution is -0.115. The summed E-state index contributed by atoms with van der Waals surface area (Å²) in [7, 11) is -3.88. The van der Waals surface area contributed by atoms with Crippen molar-refractivity contribution in [1.82, 2.24) is 4.72 Å². The minimum absolute atomic E-state index is 0.00621. The first-order chi connectivity index (χ1) is 11.8. The summed E-state index contributed by atoms with van der Waals surface area (Å²) in [6.07, 6.45) is 0.131. The van der Waals surface area contributed by atoms with Crippen LogP contribution in [0.25, 0.3) is 0 Å². The lowest BCUT2D eigenvalue weighted by Gasteiger charge is -2.09. The fourth-order valence-corrected chi connectivity index (χ4v) is 3.59. The molecule has 9 heteroatoms. The Kier molecular flexibility index (Phi) is 4.76. The molecule has 2 aromatic carbocycles. The van der Waals surface area contributed by atoms with Crippen LogP contribution in [-0.2, 0) is 26.0 Å². The molecule has 0 aromatic heterocycles. The van der Waals surface area contributed by atoms with E-state index in [-0.39, 0.29) is 17.2 Å². The highest BCUT2D eigenvalue weighted by Gasteiger charge is 2.22. The summed E-state index contributed by atoms with van der Waals surface area (Å²) in [6.45, 7) is -0.443. The van der Waals surface area contributed by atoms with E-state index in [2.05, 4.69) is 15.4 Å². The van der Waals surface area contributed by atoms with Crippen LogP contribution in [0.15, 0.2) is 47.4 Å². The van der Waals surface area contributed by atoms with Gasteiger partial charge in [0.25, 0.3) is 0 Å². The number of sulfonamides is 1. The highest BCUT2D eigenvalue weighted by Crippen LogP contribution is 2.25. The molecule has 7 nitrogen and oxygen atoms in total. The number of anilines is 2. The van der Waals surface area contributed by atoms with Gasteiger partial charge in [-0.3, -0.25) is 9.59 Å². The predicted molar refractivity (Wildman–Crippen MR) is 94.0 cm³/mol. The standard InChI is InChI=1S/C16H14ClN3O4S/c17-12-3-1-2-4-14(12)20-16(22)9-18-25(23,24)11-5-6-13-10(7-11)8-15(21)19-13/h1-7,18H,8-9H2,(H,19,21)(H,20,22).